The van der Waals surface area contributed by atoms with Crippen LogP contribution in [0, 0.1) is 5.92 Å². The minimum atomic E-state index is -2.38. The van der Waals surface area contributed by atoms with Crippen molar-refractivity contribution < 1.29 is 35.0 Å². The van der Waals surface area contributed by atoms with Gasteiger partial charge >= 0.3 is 5.97 Å². The molecule has 4 unspecified atom stereocenters. The summed E-state index contributed by atoms with van der Waals surface area (Å²) in [6.07, 6.45) is -8.06. The monoisotopic (exact) mass is 289 g/mol. The van der Waals surface area contributed by atoms with Crippen LogP contribution in [0.2, 0.25) is 0 Å². The summed E-state index contributed by atoms with van der Waals surface area (Å²) in [6, 6.07) is 0. The molecule has 4 bridgehead atoms. The van der Waals surface area contributed by atoms with E-state index in [2.05, 4.69) is 10.3 Å². The van der Waals surface area contributed by atoms with E-state index in [4.69, 9.17) is 15.2 Å². The summed E-state index contributed by atoms with van der Waals surface area (Å²) < 4.78 is 10.2. The number of hydrogen-bond acceptors (Lipinski definition) is 10. The molecule has 0 aromatic carbocycles. The molecule has 9 atom stereocenters. The number of aliphatic imine (C=N–C) groups is 1. The van der Waals surface area contributed by atoms with Crippen LogP contribution in [0.4, 0.5) is 0 Å². The first-order chi connectivity index (χ1) is 9.31. The maximum atomic E-state index is 10.4. The Labute approximate surface area is 112 Å². The summed E-state index contributed by atoms with van der Waals surface area (Å²) in [5.41, 5.74) is 3.95. The number of nitrogens with two attached hydrogens (primary N) is 1. The molecule has 0 aromatic heterocycles. The summed E-state index contributed by atoms with van der Waals surface area (Å²) in [4.78, 5) is 3.71. The van der Waals surface area contributed by atoms with Gasteiger partial charge in [0.15, 0.2) is 18.3 Å². The quantitative estimate of drug-likeness (QED) is 0.231. The predicted octanol–water partition coefficient (Wildman–Crippen LogP) is -4.88. The zero-order chi connectivity index (χ0) is 14.4. The summed E-state index contributed by atoms with van der Waals surface area (Å²) in [5.74, 6) is -3.56. The van der Waals surface area contributed by atoms with Gasteiger partial charge in [0.2, 0.25) is 0 Å². The first kappa shape index (κ1) is 12.7. The zero-order valence-electron chi connectivity index (χ0n) is 10.1. The number of aliphatic hydroxyl groups is 5. The van der Waals surface area contributed by atoms with Crippen LogP contribution >= 0.6 is 0 Å². The van der Waals surface area contributed by atoms with Crippen molar-refractivity contribution in [1.29, 1.82) is 0 Å². The minimum Gasteiger partial charge on any atom is -0.388 e. The van der Waals surface area contributed by atoms with Crippen LogP contribution in [-0.4, -0.2) is 79.8 Å². The molecule has 20 heavy (non-hydrogen) atoms. The van der Waals surface area contributed by atoms with Crippen molar-refractivity contribution in [3.05, 3.63) is 0 Å². The van der Waals surface area contributed by atoms with E-state index in [-0.39, 0.29) is 5.96 Å². The van der Waals surface area contributed by atoms with Crippen LogP contribution in [-0.2, 0) is 9.47 Å². The highest BCUT2D eigenvalue weighted by Gasteiger charge is 2.79. The molecule has 0 aromatic rings. The number of guanidine groups is 1. The average molecular weight is 289 g/mol. The van der Waals surface area contributed by atoms with E-state index in [9.17, 15) is 25.5 Å². The normalized spacial score (nSPS) is 63.6. The standard InChI is InChI=1S/C10H15N3O7/c11-8-12-6(16)1-3-2(14)4-5(15)9(1,13-8)7(17)10(18,19-3)20-4/h1-7,14-18H,(H3,11,12,13)/t1?,2-,3?,4?,5+,6+,7-,9+,10?/m0/s1. The van der Waals surface area contributed by atoms with Gasteiger partial charge in [-0.3, -0.25) is 0 Å². The first-order valence-corrected chi connectivity index (χ1v) is 6.23. The molecule has 0 amide bonds. The van der Waals surface area contributed by atoms with Crippen molar-refractivity contribution in [2.24, 2.45) is 16.6 Å². The lowest BCUT2D eigenvalue weighted by molar-refractivity contribution is -0.532. The van der Waals surface area contributed by atoms with Crippen molar-refractivity contribution >= 4 is 5.96 Å². The molecule has 112 valence electrons. The predicted molar refractivity (Wildman–Crippen MR) is 59.7 cm³/mol. The van der Waals surface area contributed by atoms with E-state index in [1.807, 2.05) is 0 Å². The third-order valence-electron chi connectivity index (χ3n) is 4.72. The van der Waals surface area contributed by atoms with E-state index in [0.717, 1.165) is 0 Å². The Kier molecular flexibility index (Phi) is 2.17. The van der Waals surface area contributed by atoms with Crippen LogP contribution in [0.1, 0.15) is 0 Å². The number of nitrogens with one attached hydrogen (secondary N) is 1. The Hall–Kier alpha value is -1.01. The molecular weight excluding hydrogens is 274 g/mol. The fourth-order valence-electron chi connectivity index (χ4n) is 3.92. The molecule has 1 aliphatic carbocycles. The summed E-state index contributed by atoms with van der Waals surface area (Å²) in [7, 11) is 0. The molecule has 8 N–H and O–H groups in total. The van der Waals surface area contributed by atoms with Gasteiger partial charge in [0.05, 0.1) is 5.92 Å². The third-order valence-corrected chi connectivity index (χ3v) is 4.72. The Balaban J connectivity index is 1.92. The lowest BCUT2D eigenvalue weighted by Gasteiger charge is -2.68. The average Bonchev–Trinajstić information content (AvgIpc) is 2.36. The fourth-order valence-corrected chi connectivity index (χ4v) is 3.92. The van der Waals surface area contributed by atoms with Crippen LogP contribution in [0.25, 0.3) is 0 Å². The third kappa shape index (κ3) is 1.13. The molecule has 4 aliphatic heterocycles. The zero-order valence-corrected chi connectivity index (χ0v) is 10.1. The molecule has 5 aliphatic rings. The van der Waals surface area contributed by atoms with Crippen molar-refractivity contribution in [3.63, 3.8) is 0 Å². The van der Waals surface area contributed by atoms with Crippen LogP contribution < -0.4 is 11.1 Å². The van der Waals surface area contributed by atoms with Gasteiger partial charge in [0, 0.05) is 0 Å². The highest BCUT2D eigenvalue weighted by Crippen LogP contribution is 2.55. The maximum Gasteiger partial charge on any atom is 0.311 e. The Morgan fingerprint density at radius 3 is 2.50 bits per heavy atom. The van der Waals surface area contributed by atoms with Crippen LogP contribution in [0.5, 0.6) is 0 Å². The second-order valence-electron chi connectivity index (χ2n) is 5.65. The minimum absolute atomic E-state index is 0.188. The van der Waals surface area contributed by atoms with Crippen LogP contribution in [0.15, 0.2) is 4.99 Å². The Morgan fingerprint density at radius 2 is 1.80 bits per heavy atom. The molecule has 10 heteroatoms. The second-order valence-corrected chi connectivity index (χ2v) is 5.65. The van der Waals surface area contributed by atoms with Gasteiger partial charge in [-0.2, -0.15) is 0 Å². The van der Waals surface area contributed by atoms with E-state index >= 15 is 0 Å². The molecule has 3 saturated heterocycles. The van der Waals surface area contributed by atoms with Gasteiger partial charge in [-0.25, -0.2) is 4.99 Å². The van der Waals surface area contributed by atoms with Gasteiger partial charge in [0.25, 0.3) is 0 Å². The molecule has 5 rings (SSSR count). The lowest BCUT2D eigenvalue weighted by atomic mass is 9.59. The van der Waals surface area contributed by atoms with Gasteiger partial charge in [-0.1, -0.05) is 0 Å². The second kappa shape index (κ2) is 3.42. The molecule has 4 fully saturated rings. The lowest BCUT2D eigenvalue weighted by Crippen LogP contribution is -2.92. The van der Waals surface area contributed by atoms with E-state index in [1.54, 1.807) is 0 Å². The largest absolute Gasteiger partial charge is 0.388 e. The number of rotatable bonds is 0. The van der Waals surface area contributed by atoms with E-state index in [1.165, 1.54) is 0 Å². The van der Waals surface area contributed by atoms with Gasteiger partial charge < -0.3 is 46.1 Å². The number of hydrogen-bond donors (Lipinski definition) is 7. The van der Waals surface area contributed by atoms with E-state index < -0.39 is 54.2 Å². The van der Waals surface area contributed by atoms with Crippen molar-refractivity contribution in [3.8, 4) is 0 Å². The van der Waals surface area contributed by atoms with E-state index in [0.29, 0.717) is 0 Å². The highest BCUT2D eigenvalue weighted by atomic mass is 16.9. The molecular formula is C10H15N3O7. The number of aliphatic hydroxyl groups excluding tert-OH is 4. The SMILES string of the molecule is NC1=N[C@H](O)C2C3OC4(O)OC([C@H]3O)[C@@H](O)[C@@]2(N1)[C@@H]4O. The fraction of sp³-hybridized carbons (Fsp3) is 0.900. The molecule has 1 spiro atoms. The van der Waals surface area contributed by atoms with Crippen LogP contribution in [0.3, 0.4) is 0 Å². The van der Waals surface area contributed by atoms with Crippen molar-refractivity contribution in [2.45, 2.75) is 48.3 Å². The molecule has 0 radical (unpaired) electrons. The Bertz CT molecular complexity index is 503. The molecule has 10 nitrogen and oxygen atoms in total. The molecule has 1 saturated carbocycles. The van der Waals surface area contributed by atoms with Gasteiger partial charge in [-0.15, -0.1) is 0 Å². The first-order valence-electron chi connectivity index (χ1n) is 6.23. The van der Waals surface area contributed by atoms with Gasteiger partial charge in [-0.05, 0) is 0 Å². The topological polar surface area (TPSA) is 170 Å². The summed E-state index contributed by atoms with van der Waals surface area (Å²) in [5, 5.41) is 53.7. The maximum absolute atomic E-state index is 10.4. The summed E-state index contributed by atoms with van der Waals surface area (Å²) in [6.45, 7) is 0. The van der Waals surface area contributed by atoms with Gasteiger partial charge in [0.1, 0.15) is 30.0 Å². The Morgan fingerprint density at radius 1 is 1.15 bits per heavy atom. The summed E-state index contributed by atoms with van der Waals surface area (Å²) >= 11 is 0. The van der Waals surface area contributed by atoms with Crippen molar-refractivity contribution in [1.82, 2.24) is 5.32 Å². The smallest absolute Gasteiger partial charge is 0.311 e. The highest BCUT2D eigenvalue weighted by molar-refractivity contribution is 5.80. The number of nitrogens with zero attached hydrogens (tertiary/aromatic N) is 1. The number of ether oxygens (including phenoxy) is 2. The molecule has 4 heterocycles. The van der Waals surface area contributed by atoms with Crippen molar-refractivity contribution in [2.75, 3.05) is 0 Å².